The van der Waals surface area contributed by atoms with Gasteiger partial charge in [-0.3, -0.25) is 4.79 Å². The van der Waals surface area contributed by atoms with E-state index >= 15 is 0 Å². The van der Waals surface area contributed by atoms with Crippen LogP contribution in [0, 0.1) is 6.92 Å². The molecule has 3 aromatic rings. The number of rotatable bonds is 12. The van der Waals surface area contributed by atoms with Crippen LogP contribution in [0.15, 0.2) is 58.0 Å². The highest BCUT2D eigenvalue weighted by Gasteiger charge is 2.06. The van der Waals surface area contributed by atoms with Crippen molar-refractivity contribution in [2.24, 2.45) is 5.10 Å². The van der Waals surface area contributed by atoms with E-state index < -0.39 is 0 Å². The fourth-order valence-electron chi connectivity index (χ4n) is 2.81. The predicted octanol–water partition coefficient (Wildman–Crippen LogP) is 5.06. The maximum absolute atomic E-state index is 11.9. The Balaban J connectivity index is 1.37. The molecule has 7 nitrogen and oxygen atoms in total. The number of carbonyl (C=O) groups excluding carboxylic acids is 1. The van der Waals surface area contributed by atoms with Crippen LogP contribution < -0.4 is 14.9 Å². The van der Waals surface area contributed by atoms with E-state index in [1.165, 1.54) is 28.7 Å². The third-order valence-corrected chi connectivity index (χ3v) is 6.75. The lowest BCUT2D eigenvalue weighted by Crippen LogP contribution is -2.19. The molecule has 1 heterocycles. The molecule has 1 amide bonds. The molecule has 3 rings (SSSR count). The second kappa shape index (κ2) is 13.0. The Hall–Kier alpha value is -2.91. The molecule has 1 aromatic heterocycles. The van der Waals surface area contributed by atoms with Gasteiger partial charge in [-0.05, 0) is 54.7 Å². The van der Waals surface area contributed by atoms with Crippen molar-refractivity contribution in [1.82, 2.24) is 15.6 Å². The van der Waals surface area contributed by atoms with Crippen LogP contribution in [0.3, 0.4) is 0 Å². The van der Waals surface area contributed by atoms with Crippen molar-refractivity contribution in [3.05, 3.63) is 64.7 Å². The van der Waals surface area contributed by atoms with Crippen LogP contribution in [0.2, 0.25) is 0 Å². The van der Waals surface area contributed by atoms with Crippen LogP contribution in [-0.4, -0.2) is 41.3 Å². The van der Waals surface area contributed by atoms with Crippen molar-refractivity contribution in [3.8, 4) is 11.5 Å². The zero-order chi connectivity index (χ0) is 23.5. The Morgan fingerprint density at radius 3 is 2.61 bits per heavy atom. The Kier molecular flexibility index (Phi) is 9.71. The molecule has 2 aromatic carbocycles. The number of aromatic nitrogens is 2. The number of nitrogens with zero attached hydrogens (tertiary/aromatic N) is 3. The minimum atomic E-state index is -0.203. The largest absolute Gasteiger partial charge is 0.490 e. The number of hydrogen-bond donors (Lipinski definition) is 1. The Bertz CT molecular complexity index is 1050. The second-order valence-electron chi connectivity index (χ2n) is 7.32. The van der Waals surface area contributed by atoms with Crippen molar-refractivity contribution in [2.45, 2.75) is 37.4 Å². The average Bonchev–Trinajstić information content (AvgIpc) is 3.26. The fraction of sp³-hybridized carbons (Fsp3) is 0.333. The van der Waals surface area contributed by atoms with Gasteiger partial charge in [0.05, 0.1) is 12.0 Å². The summed E-state index contributed by atoms with van der Waals surface area (Å²) >= 11 is 2.80. The van der Waals surface area contributed by atoms with Crippen LogP contribution in [0.1, 0.15) is 42.3 Å². The van der Waals surface area contributed by atoms with Gasteiger partial charge in [0.1, 0.15) is 29.7 Å². The molecule has 1 unspecified atom stereocenters. The van der Waals surface area contributed by atoms with Crippen molar-refractivity contribution in [1.29, 1.82) is 0 Å². The zero-order valence-electron chi connectivity index (χ0n) is 19.0. The number of hydrogen-bond acceptors (Lipinski definition) is 8. The lowest BCUT2D eigenvalue weighted by Gasteiger charge is -2.11. The summed E-state index contributed by atoms with van der Waals surface area (Å²) in [6.45, 7) is 7.16. The predicted molar refractivity (Wildman–Crippen MR) is 134 cm³/mol. The van der Waals surface area contributed by atoms with Crippen LogP contribution in [0.5, 0.6) is 11.5 Å². The molecule has 0 aliphatic carbocycles. The highest BCUT2D eigenvalue weighted by Crippen LogP contribution is 2.22. The Morgan fingerprint density at radius 2 is 1.91 bits per heavy atom. The van der Waals surface area contributed by atoms with Gasteiger partial charge in [-0.2, -0.15) is 5.10 Å². The fourth-order valence-corrected chi connectivity index (χ4v) is 4.42. The van der Waals surface area contributed by atoms with E-state index in [2.05, 4.69) is 46.7 Å². The van der Waals surface area contributed by atoms with Gasteiger partial charge in [-0.15, -0.1) is 10.2 Å². The molecule has 1 atom stereocenters. The Labute approximate surface area is 202 Å². The summed E-state index contributed by atoms with van der Waals surface area (Å²) in [5.74, 6) is 2.13. The second-order valence-corrected chi connectivity index (χ2v) is 9.72. The summed E-state index contributed by atoms with van der Waals surface area (Å²) in [5, 5.41) is 12.8. The van der Waals surface area contributed by atoms with E-state index in [4.69, 9.17) is 9.47 Å². The molecule has 0 spiro atoms. The molecule has 0 saturated heterocycles. The third kappa shape index (κ3) is 8.51. The monoisotopic (exact) mass is 484 g/mol. The van der Waals surface area contributed by atoms with E-state index in [0.29, 0.717) is 24.9 Å². The first-order valence-electron chi connectivity index (χ1n) is 10.7. The van der Waals surface area contributed by atoms with Crippen molar-refractivity contribution >= 4 is 35.2 Å². The number of nitrogens with one attached hydrogen (secondary N) is 1. The van der Waals surface area contributed by atoms with Gasteiger partial charge in [-0.25, -0.2) is 5.43 Å². The molecular formula is C24H28N4O3S2. The first-order valence-corrected chi connectivity index (χ1v) is 12.5. The quantitative estimate of drug-likeness (QED) is 0.167. The molecule has 0 saturated carbocycles. The standard InChI is InChI=1S/C24H28N4O3S2/c1-4-17(2)20-8-10-21(11-9-20)30-12-13-31-22-7-5-6-19(14-22)15-25-27-23(29)16-32-24-28-26-18(3)33-24/h5-11,14-15,17H,4,12-13,16H2,1-3H3,(H,27,29). The molecule has 33 heavy (non-hydrogen) atoms. The summed E-state index contributed by atoms with van der Waals surface area (Å²) in [6, 6.07) is 15.7. The summed E-state index contributed by atoms with van der Waals surface area (Å²) in [6.07, 6.45) is 2.70. The van der Waals surface area contributed by atoms with Gasteiger partial charge < -0.3 is 9.47 Å². The van der Waals surface area contributed by atoms with Crippen molar-refractivity contribution in [2.75, 3.05) is 19.0 Å². The molecule has 0 aliphatic rings. The maximum Gasteiger partial charge on any atom is 0.250 e. The summed E-state index contributed by atoms with van der Waals surface area (Å²) in [5.41, 5.74) is 4.66. The smallest absolute Gasteiger partial charge is 0.250 e. The normalized spacial score (nSPS) is 12.0. The first kappa shape index (κ1) is 24.7. The lowest BCUT2D eigenvalue weighted by molar-refractivity contribution is -0.118. The van der Waals surface area contributed by atoms with Gasteiger partial charge in [-0.1, -0.05) is 61.2 Å². The number of amides is 1. The molecular weight excluding hydrogens is 456 g/mol. The number of aryl methyl sites for hydroxylation is 1. The van der Waals surface area contributed by atoms with E-state index in [0.717, 1.165) is 27.1 Å². The highest BCUT2D eigenvalue weighted by molar-refractivity contribution is 8.01. The zero-order valence-corrected chi connectivity index (χ0v) is 20.6. The summed E-state index contributed by atoms with van der Waals surface area (Å²) < 4.78 is 12.3. The minimum Gasteiger partial charge on any atom is -0.490 e. The van der Waals surface area contributed by atoms with Crippen LogP contribution in [0.25, 0.3) is 0 Å². The number of thioether (sulfide) groups is 1. The minimum absolute atomic E-state index is 0.203. The first-order chi connectivity index (χ1) is 16.0. The molecule has 9 heteroatoms. The third-order valence-electron chi connectivity index (χ3n) is 4.78. The van der Waals surface area contributed by atoms with E-state index in [-0.39, 0.29) is 11.7 Å². The van der Waals surface area contributed by atoms with Crippen LogP contribution >= 0.6 is 23.1 Å². The molecule has 0 fully saturated rings. The van der Waals surface area contributed by atoms with E-state index in [1.54, 1.807) is 6.21 Å². The van der Waals surface area contributed by atoms with Gasteiger partial charge in [0.2, 0.25) is 0 Å². The lowest BCUT2D eigenvalue weighted by atomic mass is 9.99. The van der Waals surface area contributed by atoms with Gasteiger partial charge >= 0.3 is 0 Å². The molecule has 0 aliphatic heterocycles. The molecule has 0 bridgehead atoms. The number of ether oxygens (including phenoxy) is 2. The van der Waals surface area contributed by atoms with E-state index in [1.807, 2.05) is 43.3 Å². The average molecular weight is 485 g/mol. The SMILES string of the molecule is CCC(C)c1ccc(OCCOc2cccc(C=NNC(=O)CSc3nnc(C)s3)c2)cc1. The van der Waals surface area contributed by atoms with Crippen LogP contribution in [-0.2, 0) is 4.79 Å². The maximum atomic E-state index is 11.9. The number of benzene rings is 2. The van der Waals surface area contributed by atoms with Crippen molar-refractivity contribution in [3.63, 3.8) is 0 Å². The summed E-state index contributed by atoms with van der Waals surface area (Å²) in [7, 11) is 0. The van der Waals surface area contributed by atoms with Crippen molar-refractivity contribution < 1.29 is 14.3 Å². The van der Waals surface area contributed by atoms with Gasteiger partial charge in [0.25, 0.3) is 5.91 Å². The summed E-state index contributed by atoms with van der Waals surface area (Å²) in [4.78, 5) is 11.9. The van der Waals surface area contributed by atoms with E-state index in [9.17, 15) is 4.79 Å². The topological polar surface area (TPSA) is 85.7 Å². The molecule has 0 radical (unpaired) electrons. The number of hydrazone groups is 1. The molecule has 1 N–H and O–H groups in total. The van der Waals surface area contributed by atoms with Crippen LogP contribution in [0.4, 0.5) is 0 Å². The Morgan fingerprint density at radius 1 is 1.15 bits per heavy atom. The highest BCUT2D eigenvalue weighted by atomic mass is 32.2. The number of carbonyl (C=O) groups is 1. The van der Waals surface area contributed by atoms with Gasteiger partial charge in [0.15, 0.2) is 4.34 Å². The van der Waals surface area contributed by atoms with Gasteiger partial charge in [0, 0.05) is 0 Å². The molecule has 174 valence electrons.